The van der Waals surface area contributed by atoms with E-state index >= 15 is 0 Å². The van der Waals surface area contributed by atoms with Crippen molar-refractivity contribution < 1.29 is 4.79 Å². The van der Waals surface area contributed by atoms with Gasteiger partial charge in [-0.25, -0.2) is 0 Å². The Labute approximate surface area is 133 Å². The molecule has 3 nitrogen and oxygen atoms in total. The molecule has 0 aromatic heterocycles. The summed E-state index contributed by atoms with van der Waals surface area (Å²) in [5.41, 5.74) is 7.02. The van der Waals surface area contributed by atoms with E-state index in [1.54, 1.807) is 42.5 Å². The van der Waals surface area contributed by atoms with Gasteiger partial charge in [-0.15, -0.1) is 0 Å². The summed E-state index contributed by atoms with van der Waals surface area (Å²) in [4.78, 5) is 12.1. The first-order valence-electron chi connectivity index (χ1n) is 6.15. The van der Waals surface area contributed by atoms with Crippen LogP contribution in [0.15, 0.2) is 42.5 Å². The zero-order chi connectivity index (χ0) is 15.2. The van der Waals surface area contributed by atoms with E-state index in [1.165, 1.54) is 0 Å². The van der Waals surface area contributed by atoms with Gasteiger partial charge in [0.1, 0.15) is 0 Å². The van der Waals surface area contributed by atoms with Crippen LogP contribution in [0, 0.1) is 11.8 Å². The van der Waals surface area contributed by atoms with Crippen molar-refractivity contribution >= 4 is 34.8 Å². The molecule has 2 rings (SSSR count). The quantitative estimate of drug-likeness (QED) is 0.832. The summed E-state index contributed by atoms with van der Waals surface area (Å²) in [7, 11) is 0. The second-order valence-electron chi connectivity index (χ2n) is 4.16. The molecule has 0 radical (unpaired) electrons. The molecule has 0 aliphatic heterocycles. The third-order valence-corrected chi connectivity index (χ3v) is 3.19. The first kappa shape index (κ1) is 15.4. The van der Waals surface area contributed by atoms with Crippen molar-refractivity contribution in [3.63, 3.8) is 0 Å². The van der Waals surface area contributed by atoms with Gasteiger partial charge in [-0.3, -0.25) is 4.79 Å². The highest BCUT2D eigenvalue weighted by atomic mass is 35.5. The number of hydrogen-bond donors (Lipinski definition) is 2. The second kappa shape index (κ2) is 7.14. The number of halogens is 2. The lowest BCUT2D eigenvalue weighted by Crippen LogP contribution is -2.11. The Morgan fingerprint density at radius 2 is 2.00 bits per heavy atom. The summed E-state index contributed by atoms with van der Waals surface area (Å²) >= 11 is 12.0. The molecule has 0 unspecified atom stereocenters. The largest absolute Gasteiger partial charge is 0.322 e. The Bertz CT molecular complexity index is 733. The average molecular weight is 319 g/mol. The number of carbonyl (C=O) groups is 1. The highest BCUT2D eigenvalue weighted by Gasteiger charge is 2.08. The van der Waals surface area contributed by atoms with Crippen molar-refractivity contribution in [2.75, 3.05) is 11.9 Å². The van der Waals surface area contributed by atoms with Gasteiger partial charge in [-0.1, -0.05) is 41.1 Å². The van der Waals surface area contributed by atoms with Gasteiger partial charge in [0.2, 0.25) is 0 Å². The molecular formula is C16H12Cl2N2O. The maximum Gasteiger partial charge on any atom is 0.255 e. The van der Waals surface area contributed by atoms with Crippen molar-refractivity contribution in [1.29, 1.82) is 0 Å². The minimum Gasteiger partial charge on any atom is -0.322 e. The van der Waals surface area contributed by atoms with Crippen LogP contribution in [0.1, 0.15) is 15.9 Å². The third-order valence-electron chi connectivity index (χ3n) is 2.64. The molecule has 5 heteroatoms. The first-order chi connectivity index (χ1) is 10.1. The molecule has 0 fully saturated rings. The van der Waals surface area contributed by atoms with Crippen molar-refractivity contribution in [1.82, 2.24) is 0 Å². The number of nitrogens with one attached hydrogen (secondary N) is 1. The minimum absolute atomic E-state index is 0.257. The SMILES string of the molecule is NCC#Cc1ccc(C(=O)Nc2cccc(Cl)c2)cc1Cl. The zero-order valence-electron chi connectivity index (χ0n) is 11.0. The normalized spacial score (nSPS) is 9.67. The summed E-state index contributed by atoms with van der Waals surface area (Å²) in [6.07, 6.45) is 0. The molecule has 2 aromatic carbocycles. The molecule has 0 bridgehead atoms. The monoisotopic (exact) mass is 318 g/mol. The van der Waals surface area contributed by atoms with E-state index in [0.29, 0.717) is 26.9 Å². The summed E-state index contributed by atoms with van der Waals surface area (Å²) in [6.45, 7) is 0.257. The predicted molar refractivity (Wildman–Crippen MR) is 86.8 cm³/mol. The summed E-state index contributed by atoms with van der Waals surface area (Å²) in [5, 5.41) is 3.72. The van der Waals surface area contributed by atoms with Crippen LogP contribution in [0.4, 0.5) is 5.69 Å². The minimum atomic E-state index is -0.266. The highest BCUT2D eigenvalue weighted by molar-refractivity contribution is 6.32. The lowest BCUT2D eigenvalue weighted by Gasteiger charge is -2.06. The van der Waals surface area contributed by atoms with Crippen LogP contribution in [0.5, 0.6) is 0 Å². The fraction of sp³-hybridized carbons (Fsp3) is 0.0625. The Hall–Kier alpha value is -1.99. The topological polar surface area (TPSA) is 55.1 Å². The van der Waals surface area contributed by atoms with Crippen LogP contribution in [-0.2, 0) is 0 Å². The Morgan fingerprint density at radius 1 is 1.19 bits per heavy atom. The maximum absolute atomic E-state index is 12.1. The molecule has 0 spiro atoms. The van der Waals surface area contributed by atoms with E-state index < -0.39 is 0 Å². The molecule has 0 heterocycles. The fourth-order valence-electron chi connectivity index (χ4n) is 1.67. The lowest BCUT2D eigenvalue weighted by molar-refractivity contribution is 0.102. The van der Waals surface area contributed by atoms with Gasteiger partial charge in [-0.05, 0) is 36.4 Å². The van der Waals surface area contributed by atoms with Crippen molar-refractivity contribution in [3.8, 4) is 11.8 Å². The summed E-state index contributed by atoms with van der Waals surface area (Å²) < 4.78 is 0. The third kappa shape index (κ3) is 4.24. The molecule has 2 aromatic rings. The molecule has 0 aliphatic rings. The van der Waals surface area contributed by atoms with E-state index in [4.69, 9.17) is 28.9 Å². The fourth-order valence-corrected chi connectivity index (χ4v) is 2.09. The van der Waals surface area contributed by atoms with E-state index in [1.807, 2.05) is 0 Å². The van der Waals surface area contributed by atoms with Crippen LogP contribution >= 0.6 is 23.2 Å². The van der Waals surface area contributed by atoms with Crippen LogP contribution in [0.3, 0.4) is 0 Å². The van der Waals surface area contributed by atoms with E-state index in [-0.39, 0.29) is 12.5 Å². The predicted octanol–water partition coefficient (Wildman–Crippen LogP) is 3.56. The molecule has 106 valence electrons. The van der Waals surface area contributed by atoms with Gasteiger partial charge in [0.05, 0.1) is 11.6 Å². The molecule has 3 N–H and O–H groups in total. The van der Waals surface area contributed by atoms with E-state index in [0.717, 1.165) is 0 Å². The van der Waals surface area contributed by atoms with Gasteiger partial charge in [0, 0.05) is 21.8 Å². The zero-order valence-corrected chi connectivity index (χ0v) is 12.5. The Kier molecular flexibility index (Phi) is 5.24. The summed E-state index contributed by atoms with van der Waals surface area (Å²) in [5.74, 6) is 5.29. The number of hydrogen-bond acceptors (Lipinski definition) is 2. The number of carbonyl (C=O) groups excluding carboxylic acids is 1. The highest BCUT2D eigenvalue weighted by Crippen LogP contribution is 2.19. The van der Waals surface area contributed by atoms with Gasteiger partial charge in [0.15, 0.2) is 0 Å². The van der Waals surface area contributed by atoms with Crippen LogP contribution in [0.25, 0.3) is 0 Å². The van der Waals surface area contributed by atoms with E-state index in [9.17, 15) is 4.79 Å². The lowest BCUT2D eigenvalue weighted by atomic mass is 10.1. The average Bonchev–Trinajstić information content (AvgIpc) is 2.46. The van der Waals surface area contributed by atoms with Gasteiger partial charge >= 0.3 is 0 Å². The van der Waals surface area contributed by atoms with Gasteiger partial charge in [-0.2, -0.15) is 0 Å². The standard InChI is InChI=1S/C16H12Cl2N2O/c17-13-4-1-5-14(10-13)20-16(21)12-7-6-11(3-2-8-19)15(18)9-12/h1,4-7,9-10H,8,19H2,(H,20,21). The van der Waals surface area contributed by atoms with E-state index in [2.05, 4.69) is 17.2 Å². The first-order valence-corrected chi connectivity index (χ1v) is 6.91. The number of benzene rings is 2. The molecule has 0 saturated carbocycles. The van der Waals surface area contributed by atoms with Gasteiger partial charge < -0.3 is 11.1 Å². The van der Waals surface area contributed by atoms with Gasteiger partial charge in [0.25, 0.3) is 5.91 Å². The number of amides is 1. The molecule has 1 amide bonds. The number of anilines is 1. The molecule has 21 heavy (non-hydrogen) atoms. The second-order valence-corrected chi connectivity index (χ2v) is 5.01. The number of nitrogens with two attached hydrogens (primary N) is 1. The van der Waals surface area contributed by atoms with Crippen LogP contribution in [0.2, 0.25) is 10.0 Å². The molecule has 0 aliphatic carbocycles. The Morgan fingerprint density at radius 3 is 2.67 bits per heavy atom. The van der Waals surface area contributed by atoms with Crippen molar-refractivity contribution in [2.24, 2.45) is 5.73 Å². The molecule has 0 saturated heterocycles. The Balaban J connectivity index is 2.18. The smallest absolute Gasteiger partial charge is 0.255 e. The molecule has 0 atom stereocenters. The molecular weight excluding hydrogens is 307 g/mol. The maximum atomic E-state index is 12.1. The van der Waals surface area contributed by atoms with Crippen LogP contribution in [-0.4, -0.2) is 12.5 Å². The van der Waals surface area contributed by atoms with Crippen molar-refractivity contribution in [2.45, 2.75) is 0 Å². The van der Waals surface area contributed by atoms with Crippen molar-refractivity contribution in [3.05, 3.63) is 63.6 Å². The summed E-state index contributed by atoms with van der Waals surface area (Å²) in [6, 6.07) is 11.8. The van der Waals surface area contributed by atoms with Crippen LogP contribution < -0.4 is 11.1 Å². The number of rotatable bonds is 2.